The minimum Gasteiger partial charge on any atom is -0.382 e. The smallest absolute Gasteiger partial charge is 0.152 e. The Morgan fingerprint density at radius 1 is 1.00 bits per heavy atom. The highest BCUT2D eigenvalue weighted by Gasteiger charge is 2.15. The Labute approximate surface area is 146 Å². The lowest BCUT2D eigenvalue weighted by atomic mass is 10.2. The maximum Gasteiger partial charge on any atom is 0.152 e. The first-order chi connectivity index (χ1) is 12.3. The van der Waals surface area contributed by atoms with Gasteiger partial charge in [-0.3, -0.25) is 0 Å². The van der Waals surface area contributed by atoms with Crippen molar-refractivity contribution in [2.24, 2.45) is 0 Å². The summed E-state index contributed by atoms with van der Waals surface area (Å²) in [5.41, 5.74) is 9.83. The largest absolute Gasteiger partial charge is 0.382 e. The summed E-state index contributed by atoms with van der Waals surface area (Å²) in [6.45, 7) is 2.66. The Bertz CT molecular complexity index is 1110. The number of benzene rings is 2. The van der Waals surface area contributed by atoms with Crippen LogP contribution in [0.5, 0.6) is 0 Å². The Kier molecular flexibility index (Phi) is 3.83. The van der Waals surface area contributed by atoms with E-state index < -0.39 is 0 Å². The van der Waals surface area contributed by atoms with E-state index in [9.17, 15) is 0 Å². The quantitative estimate of drug-likeness (QED) is 0.570. The van der Waals surface area contributed by atoms with Gasteiger partial charge in [-0.1, -0.05) is 55.2 Å². The average molecular weight is 326 g/mol. The highest BCUT2D eigenvalue weighted by Crippen LogP contribution is 2.28. The molecule has 0 aliphatic carbocycles. The van der Waals surface area contributed by atoms with Gasteiger partial charge in [-0.05, 0) is 18.2 Å². The molecular formula is C21H18N4. The number of nitrogen functional groups attached to an aromatic ring is 1. The first-order valence-electron chi connectivity index (χ1n) is 8.35. The van der Waals surface area contributed by atoms with Gasteiger partial charge in [0.15, 0.2) is 5.82 Å². The number of nitrogens with two attached hydrogens (primary N) is 1. The molecule has 0 aliphatic heterocycles. The van der Waals surface area contributed by atoms with E-state index >= 15 is 0 Å². The number of pyridine rings is 1. The summed E-state index contributed by atoms with van der Waals surface area (Å²) in [4.78, 5) is 9.20. The van der Waals surface area contributed by atoms with Crippen LogP contribution in [0, 0.1) is 11.8 Å². The highest BCUT2D eigenvalue weighted by molar-refractivity contribution is 6.06. The molecule has 0 bridgehead atoms. The van der Waals surface area contributed by atoms with Crippen LogP contribution >= 0.6 is 0 Å². The normalized spacial score (nSPS) is 10.8. The maximum absolute atomic E-state index is 6.16. The molecule has 2 N–H and O–H groups in total. The second kappa shape index (κ2) is 6.29. The van der Waals surface area contributed by atoms with E-state index in [1.165, 1.54) is 0 Å². The molecule has 4 rings (SSSR count). The van der Waals surface area contributed by atoms with E-state index in [2.05, 4.69) is 34.4 Å². The van der Waals surface area contributed by atoms with E-state index in [4.69, 9.17) is 10.7 Å². The highest BCUT2D eigenvalue weighted by atomic mass is 15.1. The molecule has 25 heavy (non-hydrogen) atoms. The number of aromatic nitrogens is 3. The molecule has 0 atom stereocenters. The van der Waals surface area contributed by atoms with Crippen LogP contribution < -0.4 is 5.73 Å². The van der Waals surface area contributed by atoms with Gasteiger partial charge in [0.2, 0.25) is 0 Å². The van der Waals surface area contributed by atoms with Crippen LogP contribution in [0.1, 0.15) is 18.3 Å². The fourth-order valence-electron chi connectivity index (χ4n) is 3.09. The van der Waals surface area contributed by atoms with E-state index in [0.717, 1.165) is 39.7 Å². The van der Waals surface area contributed by atoms with Gasteiger partial charge in [0.1, 0.15) is 11.3 Å². The molecule has 0 amide bonds. The summed E-state index contributed by atoms with van der Waals surface area (Å²) in [5, 5.41) is 1.06. The summed E-state index contributed by atoms with van der Waals surface area (Å²) in [6.07, 6.45) is 0.815. The van der Waals surface area contributed by atoms with E-state index in [1.54, 1.807) is 0 Å². The summed E-state index contributed by atoms with van der Waals surface area (Å²) < 4.78 is 2.16. The van der Waals surface area contributed by atoms with Gasteiger partial charge < -0.3 is 10.3 Å². The minimum atomic E-state index is 0.471. The number of imidazole rings is 1. The Hall–Kier alpha value is -3.32. The topological polar surface area (TPSA) is 56.7 Å². The van der Waals surface area contributed by atoms with Crippen molar-refractivity contribution >= 4 is 27.8 Å². The molecule has 0 saturated carbocycles. The zero-order chi connectivity index (χ0) is 17.2. The van der Waals surface area contributed by atoms with Crippen LogP contribution in [0.25, 0.3) is 21.9 Å². The maximum atomic E-state index is 6.16. The van der Waals surface area contributed by atoms with Crippen molar-refractivity contribution in [3.63, 3.8) is 0 Å². The first-order valence-corrected chi connectivity index (χ1v) is 8.35. The molecule has 0 aliphatic rings. The Morgan fingerprint density at radius 3 is 2.56 bits per heavy atom. The molecule has 0 radical (unpaired) electrons. The number of anilines is 1. The molecule has 0 unspecified atom stereocenters. The van der Waals surface area contributed by atoms with Gasteiger partial charge >= 0.3 is 0 Å². The molecule has 122 valence electrons. The summed E-state index contributed by atoms with van der Waals surface area (Å²) >= 11 is 0. The third-order valence-electron chi connectivity index (χ3n) is 4.25. The number of aryl methyl sites for hydroxylation is 1. The second-order valence-electron chi connectivity index (χ2n) is 5.85. The molecule has 0 fully saturated rings. The van der Waals surface area contributed by atoms with Crippen molar-refractivity contribution < 1.29 is 0 Å². The molecular weight excluding hydrogens is 308 g/mol. The van der Waals surface area contributed by atoms with Gasteiger partial charge in [-0.2, -0.15) is 0 Å². The summed E-state index contributed by atoms with van der Waals surface area (Å²) in [6, 6.07) is 18.0. The summed E-state index contributed by atoms with van der Waals surface area (Å²) in [7, 11) is 0. The van der Waals surface area contributed by atoms with Gasteiger partial charge in [-0.15, -0.1) is 0 Å². The molecule has 2 heterocycles. The van der Waals surface area contributed by atoms with Gasteiger partial charge in [0.05, 0.1) is 17.6 Å². The predicted octanol–water partition coefficient (Wildman–Crippen LogP) is 3.78. The molecule has 2 aromatic heterocycles. The van der Waals surface area contributed by atoms with Crippen LogP contribution in [-0.2, 0) is 13.0 Å². The number of hydrogen-bond acceptors (Lipinski definition) is 3. The average Bonchev–Trinajstić information content (AvgIpc) is 3.02. The zero-order valence-electron chi connectivity index (χ0n) is 14.0. The van der Waals surface area contributed by atoms with E-state index in [0.29, 0.717) is 12.4 Å². The van der Waals surface area contributed by atoms with Crippen LogP contribution in [0.4, 0.5) is 5.82 Å². The lowest BCUT2D eigenvalue weighted by Gasteiger charge is -2.06. The van der Waals surface area contributed by atoms with Gasteiger partial charge in [-0.25, -0.2) is 9.97 Å². The number of nitrogens with zero attached hydrogens (tertiary/aromatic N) is 3. The fraction of sp³-hybridized carbons (Fsp3) is 0.143. The van der Waals surface area contributed by atoms with Crippen LogP contribution in [-0.4, -0.2) is 14.5 Å². The molecule has 0 saturated heterocycles. The number of hydrogen-bond donors (Lipinski definition) is 1. The van der Waals surface area contributed by atoms with Crippen molar-refractivity contribution in [3.8, 4) is 11.8 Å². The second-order valence-corrected chi connectivity index (χ2v) is 5.85. The summed E-state index contributed by atoms with van der Waals surface area (Å²) in [5.74, 6) is 7.93. The predicted molar refractivity (Wildman–Crippen MR) is 102 cm³/mol. The zero-order valence-corrected chi connectivity index (χ0v) is 14.0. The van der Waals surface area contributed by atoms with Crippen molar-refractivity contribution in [2.45, 2.75) is 19.9 Å². The van der Waals surface area contributed by atoms with Crippen LogP contribution in [0.3, 0.4) is 0 Å². The van der Waals surface area contributed by atoms with Crippen LogP contribution in [0.2, 0.25) is 0 Å². The third kappa shape index (κ3) is 2.70. The molecule has 0 spiro atoms. The van der Waals surface area contributed by atoms with E-state index in [1.807, 2.05) is 48.5 Å². The van der Waals surface area contributed by atoms with Crippen molar-refractivity contribution in [2.75, 3.05) is 5.73 Å². The number of rotatable bonds is 2. The Morgan fingerprint density at radius 2 is 1.76 bits per heavy atom. The van der Waals surface area contributed by atoms with Gasteiger partial charge in [0.25, 0.3) is 0 Å². The fourth-order valence-corrected chi connectivity index (χ4v) is 3.09. The monoisotopic (exact) mass is 326 g/mol. The van der Waals surface area contributed by atoms with Crippen molar-refractivity contribution in [1.29, 1.82) is 0 Å². The van der Waals surface area contributed by atoms with Crippen LogP contribution in [0.15, 0.2) is 54.6 Å². The number of fused-ring (bicyclic) bond motifs is 3. The number of para-hydroxylation sites is 1. The van der Waals surface area contributed by atoms with Gasteiger partial charge in [0, 0.05) is 17.4 Å². The third-order valence-corrected chi connectivity index (χ3v) is 4.25. The molecule has 4 nitrogen and oxygen atoms in total. The molecule has 2 aromatic carbocycles. The van der Waals surface area contributed by atoms with E-state index in [-0.39, 0.29) is 0 Å². The standard InChI is InChI=1S/C21H18N4/c1-2-18-24-19-20(16-12-6-7-13-17(16)23-21(19)22)25(18)14-8-11-15-9-4-3-5-10-15/h3-7,9-10,12-13H,2,14H2,1H3,(H2,22,23). The first kappa shape index (κ1) is 15.2. The van der Waals surface area contributed by atoms with Crippen molar-refractivity contribution in [3.05, 3.63) is 66.0 Å². The lowest BCUT2D eigenvalue weighted by Crippen LogP contribution is -2.02. The molecule has 4 heteroatoms. The molecule has 4 aromatic rings. The Balaban J connectivity index is 1.89. The lowest BCUT2D eigenvalue weighted by molar-refractivity contribution is 0.783. The SMILES string of the molecule is CCc1nc2c(N)nc3ccccc3c2n1CC#Cc1ccccc1. The van der Waals surface area contributed by atoms with Crippen molar-refractivity contribution in [1.82, 2.24) is 14.5 Å². The minimum absolute atomic E-state index is 0.471.